The van der Waals surface area contributed by atoms with Crippen LogP contribution in [0.15, 0.2) is 48.5 Å². The summed E-state index contributed by atoms with van der Waals surface area (Å²) in [5.41, 5.74) is 4.77. The Labute approximate surface area is 207 Å². The van der Waals surface area contributed by atoms with Crippen LogP contribution in [-0.2, 0) is 9.47 Å². The number of H-pyrrole nitrogens is 1. The molecule has 0 saturated carbocycles. The number of fused-ring (bicyclic) bond motifs is 2. The molecule has 2 fully saturated rings. The van der Waals surface area contributed by atoms with Crippen molar-refractivity contribution in [2.45, 2.75) is 24.7 Å². The van der Waals surface area contributed by atoms with E-state index in [0.29, 0.717) is 41.1 Å². The van der Waals surface area contributed by atoms with Gasteiger partial charge in [-0.05, 0) is 35.7 Å². The lowest BCUT2D eigenvalue weighted by molar-refractivity contribution is 0.0273. The molecule has 6 rings (SSSR count). The van der Waals surface area contributed by atoms with E-state index in [4.69, 9.17) is 40.3 Å². The summed E-state index contributed by atoms with van der Waals surface area (Å²) < 4.78 is 28.3. The number of halogens is 1. The summed E-state index contributed by atoms with van der Waals surface area (Å²) in [5.74, 6) is 1.46. The Hall–Kier alpha value is -3.33. The van der Waals surface area contributed by atoms with E-state index in [1.807, 2.05) is 48.5 Å². The van der Waals surface area contributed by atoms with Crippen molar-refractivity contribution in [1.29, 1.82) is 0 Å². The van der Waals surface area contributed by atoms with Crippen molar-refractivity contribution < 1.29 is 23.7 Å². The second-order valence-corrected chi connectivity index (χ2v) is 8.97. The maximum atomic E-state index is 6.60. The van der Waals surface area contributed by atoms with E-state index in [2.05, 4.69) is 9.97 Å². The molecular weight excluding hydrogens is 470 g/mol. The van der Waals surface area contributed by atoms with E-state index in [-0.39, 0.29) is 18.3 Å². The molecule has 2 aromatic carbocycles. The van der Waals surface area contributed by atoms with E-state index in [1.165, 1.54) is 0 Å². The highest BCUT2D eigenvalue weighted by molar-refractivity contribution is 6.33. The van der Waals surface area contributed by atoms with Crippen molar-refractivity contribution in [2.75, 3.05) is 27.4 Å². The number of nitrogens with zero attached hydrogens (tertiary/aromatic N) is 2. The van der Waals surface area contributed by atoms with Crippen LogP contribution in [-0.4, -0.2) is 60.7 Å². The van der Waals surface area contributed by atoms with Crippen LogP contribution in [0, 0.1) is 0 Å². The lowest BCUT2D eigenvalue weighted by Gasteiger charge is -2.15. The Morgan fingerprint density at radius 2 is 1.66 bits per heavy atom. The number of methoxy groups -OCH3 is 2. The molecule has 1 N–H and O–H groups in total. The fraction of sp³-hybridized carbons (Fsp3) is 0.308. The molecule has 0 aliphatic carbocycles. The molecule has 9 heteroatoms. The summed E-state index contributed by atoms with van der Waals surface area (Å²) in [6.45, 7) is 1.18. The highest BCUT2D eigenvalue weighted by atomic mass is 35.5. The molecule has 0 bridgehead atoms. The van der Waals surface area contributed by atoms with Crippen LogP contribution in [0.25, 0.3) is 33.5 Å². The number of benzene rings is 2. The minimum absolute atomic E-state index is 0.0571. The van der Waals surface area contributed by atoms with Crippen LogP contribution in [0.4, 0.5) is 0 Å². The van der Waals surface area contributed by atoms with Gasteiger partial charge >= 0.3 is 0 Å². The van der Waals surface area contributed by atoms with Crippen molar-refractivity contribution in [3.8, 4) is 39.9 Å². The highest BCUT2D eigenvalue weighted by Gasteiger charge is 2.43. The summed E-state index contributed by atoms with van der Waals surface area (Å²) in [7, 11) is 3.27. The number of nitrogens with one attached hydrogen (secondary N) is 1. The first kappa shape index (κ1) is 22.2. The molecule has 35 heavy (non-hydrogen) atoms. The van der Waals surface area contributed by atoms with Crippen molar-refractivity contribution in [1.82, 2.24) is 15.0 Å². The molecule has 2 aromatic heterocycles. The molecule has 4 aromatic rings. The van der Waals surface area contributed by atoms with Gasteiger partial charge in [-0.1, -0.05) is 35.9 Å². The molecule has 2 aliphatic heterocycles. The van der Waals surface area contributed by atoms with Gasteiger partial charge in [0.25, 0.3) is 6.01 Å². The minimum atomic E-state index is -0.194. The van der Waals surface area contributed by atoms with Crippen LogP contribution in [0.3, 0.4) is 0 Å². The summed E-state index contributed by atoms with van der Waals surface area (Å²) in [5, 5.41) is 0.520. The van der Waals surface area contributed by atoms with E-state index in [0.717, 1.165) is 34.6 Å². The van der Waals surface area contributed by atoms with Gasteiger partial charge in [-0.3, -0.25) is 0 Å². The largest absolute Gasteiger partial charge is 0.497 e. The third-order valence-corrected chi connectivity index (χ3v) is 6.72. The molecule has 2 saturated heterocycles. The summed E-state index contributed by atoms with van der Waals surface area (Å²) >= 11 is 6.60. The SMILES string of the molecule is COc1cc(OC)cc(-c2ccc(-c3nc4nc(OC5CO[C@@H]6CCO[C@H]56)[nH]c4cc3Cl)cc2)c1. The van der Waals surface area contributed by atoms with Gasteiger partial charge in [0.05, 0.1) is 43.2 Å². The Morgan fingerprint density at radius 1 is 0.914 bits per heavy atom. The second kappa shape index (κ2) is 9.03. The second-order valence-electron chi connectivity index (χ2n) is 8.56. The molecule has 2 aliphatic rings. The Bertz CT molecular complexity index is 1350. The topological polar surface area (TPSA) is 87.7 Å². The maximum Gasteiger partial charge on any atom is 0.296 e. The molecule has 0 spiro atoms. The van der Waals surface area contributed by atoms with Gasteiger partial charge in [0.1, 0.15) is 17.6 Å². The smallest absolute Gasteiger partial charge is 0.296 e. The molecule has 1 unspecified atom stereocenters. The molecule has 0 radical (unpaired) electrons. The first-order chi connectivity index (χ1) is 17.1. The summed E-state index contributed by atoms with van der Waals surface area (Å²) in [6.07, 6.45) is 0.749. The van der Waals surface area contributed by atoms with Crippen LogP contribution in [0.5, 0.6) is 17.5 Å². The number of pyridine rings is 1. The number of imidazole rings is 1. The fourth-order valence-corrected chi connectivity index (χ4v) is 4.88. The van der Waals surface area contributed by atoms with Gasteiger partial charge in [0, 0.05) is 18.2 Å². The maximum absolute atomic E-state index is 6.60. The zero-order valence-corrected chi connectivity index (χ0v) is 20.0. The van der Waals surface area contributed by atoms with Gasteiger partial charge in [-0.15, -0.1) is 0 Å². The predicted octanol–water partition coefficient (Wildman–Crippen LogP) is 4.90. The number of aromatic amines is 1. The number of ether oxygens (including phenoxy) is 5. The molecule has 3 atom stereocenters. The molecule has 180 valence electrons. The van der Waals surface area contributed by atoms with Crippen molar-refractivity contribution in [3.63, 3.8) is 0 Å². The lowest BCUT2D eigenvalue weighted by atomic mass is 10.0. The average Bonchev–Trinajstić information content (AvgIpc) is 3.60. The van der Waals surface area contributed by atoms with Crippen LogP contribution < -0.4 is 14.2 Å². The summed E-state index contributed by atoms with van der Waals surface area (Å²) in [4.78, 5) is 12.4. The number of aromatic nitrogens is 3. The zero-order valence-electron chi connectivity index (χ0n) is 19.3. The van der Waals surface area contributed by atoms with Crippen LogP contribution >= 0.6 is 11.6 Å². The van der Waals surface area contributed by atoms with Gasteiger partial charge in [-0.25, -0.2) is 4.98 Å². The third kappa shape index (κ3) is 4.18. The molecular formula is C26H24ClN3O5. The first-order valence-electron chi connectivity index (χ1n) is 11.4. The van der Waals surface area contributed by atoms with Crippen LogP contribution in [0.2, 0.25) is 5.02 Å². The molecule has 8 nitrogen and oxygen atoms in total. The third-order valence-electron chi connectivity index (χ3n) is 6.43. The zero-order chi connectivity index (χ0) is 23.9. The van der Waals surface area contributed by atoms with Crippen molar-refractivity contribution in [3.05, 3.63) is 53.6 Å². The average molecular weight is 494 g/mol. The Balaban J connectivity index is 1.26. The van der Waals surface area contributed by atoms with Gasteiger partial charge in [-0.2, -0.15) is 4.98 Å². The van der Waals surface area contributed by atoms with Crippen molar-refractivity contribution in [2.24, 2.45) is 0 Å². The van der Waals surface area contributed by atoms with E-state index < -0.39 is 0 Å². The van der Waals surface area contributed by atoms with Gasteiger partial charge < -0.3 is 28.7 Å². The number of hydrogen-bond donors (Lipinski definition) is 1. The van der Waals surface area contributed by atoms with Gasteiger partial charge in [0.15, 0.2) is 11.8 Å². The minimum Gasteiger partial charge on any atom is -0.497 e. The molecule has 0 amide bonds. The van der Waals surface area contributed by atoms with Crippen molar-refractivity contribution >= 4 is 22.8 Å². The standard InChI is InChI=1S/C26H24ClN3O5/c1-31-17-9-16(10-18(11-17)32-2)14-3-5-15(6-4-14)23-19(27)12-20-25(29-23)30-26(28-20)35-22-13-34-21-7-8-33-24(21)22/h3-6,9-12,21-22,24H,7-8,13H2,1-2H3,(H,28,29,30)/t21-,22?,24+/m1/s1. The lowest BCUT2D eigenvalue weighted by Crippen LogP contribution is -2.32. The highest BCUT2D eigenvalue weighted by Crippen LogP contribution is 2.34. The molecule has 4 heterocycles. The predicted molar refractivity (Wildman–Crippen MR) is 131 cm³/mol. The summed E-state index contributed by atoms with van der Waals surface area (Å²) in [6, 6.07) is 16.0. The number of rotatable bonds is 6. The van der Waals surface area contributed by atoms with E-state index in [9.17, 15) is 0 Å². The fourth-order valence-electron chi connectivity index (χ4n) is 4.62. The Kier molecular flexibility index (Phi) is 5.72. The number of hydrogen-bond acceptors (Lipinski definition) is 7. The normalized spacial score (nSPS) is 21.3. The monoisotopic (exact) mass is 493 g/mol. The Morgan fingerprint density at radius 3 is 2.40 bits per heavy atom. The van der Waals surface area contributed by atoms with Gasteiger partial charge in [0.2, 0.25) is 0 Å². The van der Waals surface area contributed by atoms with Crippen LogP contribution in [0.1, 0.15) is 6.42 Å². The quantitative estimate of drug-likeness (QED) is 0.409. The van der Waals surface area contributed by atoms with E-state index >= 15 is 0 Å². The first-order valence-corrected chi connectivity index (χ1v) is 11.8. The van der Waals surface area contributed by atoms with E-state index in [1.54, 1.807) is 14.2 Å².